The summed E-state index contributed by atoms with van der Waals surface area (Å²) in [5, 5.41) is 3.54. The molecule has 4 nitrogen and oxygen atoms in total. The molecule has 3 fully saturated rings. The number of ether oxygens (including phenoxy) is 1. The minimum atomic E-state index is -0.116. The molecule has 98 valence electrons. The van der Waals surface area contributed by atoms with Gasteiger partial charge < -0.3 is 10.1 Å². The molecule has 0 bridgehead atoms. The van der Waals surface area contributed by atoms with Crippen molar-refractivity contribution in [2.45, 2.75) is 38.0 Å². The van der Waals surface area contributed by atoms with Crippen molar-refractivity contribution in [3.05, 3.63) is 0 Å². The molecule has 0 aromatic heterocycles. The molecule has 3 aliphatic rings. The normalized spacial score (nSPS) is 37.4. The minimum Gasteiger partial charge on any atom is -0.344 e. The Morgan fingerprint density at radius 3 is 1.94 bits per heavy atom. The first-order chi connectivity index (χ1) is 8.42. The van der Waals surface area contributed by atoms with E-state index < -0.39 is 0 Å². The quantitative estimate of drug-likeness (QED) is 0.773. The third-order valence-electron chi connectivity index (χ3n) is 4.42. The number of hydrogen-bond donors (Lipinski definition) is 1. The lowest BCUT2D eigenvalue weighted by Crippen LogP contribution is -2.69. The lowest BCUT2D eigenvalue weighted by Gasteiger charge is -2.52. The maximum absolute atomic E-state index is 6.28. The molecule has 0 spiro atoms. The number of nitrogens with one attached hydrogen (secondary N) is 1. The smallest absolute Gasteiger partial charge is 0.192 e. The molecule has 3 saturated heterocycles. The van der Waals surface area contributed by atoms with Crippen LogP contribution in [0.1, 0.15) is 32.1 Å². The first-order valence-electron chi connectivity index (χ1n) is 7.27. The Kier molecular flexibility index (Phi) is 3.66. The van der Waals surface area contributed by atoms with Crippen LogP contribution < -0.4 is 5.32 Å². The predicted octanol–water partition coefficient (Wildman–Crippen LogP) is 0.842. The van der Waals surface area contributed by atoms with Gasteiger partial charge in [0, 0.05) is 32.7 Å². The van der Waals surface area contributed by atoms with E-state index in [4.69, 9.17) is 4.74 Å². The van der Waals surface area contributed by atoms with Gasteiger partial charge in [-0.25, -0.2) is 0 Å². The van der Waals surface area contributed by atoms with Crippen molar-refractivity contribution < 1.29 is 4.74 Å². The molecule has 4 heteroatoms. The SMILES string of the molecule is C1CCN(C2(N3CCCC3)CNCCO2)CC1. The summed E-state index contributed by atoms with van der Waals surface area (Å²) in [6.07, 6.45) is 6.72. The zero-order chi connectivity index (χ0) is 11.6. The van der Waals surface area contributed by atoms with Gasteiger partial charge in [0.05, 0.1) is 13.2 Å². The van der Waals surface area contributed by atoms with E-state index in [-0.39, 0.29) is 5.85 Å². The fourth-order valence-corrected chi connectivity index (χ4v) is 3.50. The monoisotopic (exact) mass is 239 g/mol. The summed E-state index contributed by atoms with van der Waals surface area (Å²) in [5.74, 6) is -0.116. The molecular weight excluding hydrogens is 214 g/mol. The first kappa shape index (κ1) is 11.9. The molecule has 0 radical (unpaired) electrons. The van der Waals surface area contributed by atoms with Gasteiger partial charge >= 0.3 is 0 Å². The van der Waals surface area contributed by atoms with Crippen LogP contribution in [0.4, 0.5) is 0 Å². The van der Waals surface area contributed by atoms with Crippen molar-refractivity contribution in [1.29, 1.82) is 0 Å². The third-order valence-corrected chi connectivity index (χ3v) is 4.42. The number of rotatable bonds is 2. The van der Waals surface area contributed by atoms with Gasteiger partial charge in [-0.05, 0) is 25.7 Å². The molecule has 0 aromatic rings. The molecule has 3 heterocycles. The summed E-state index contributed by atoms with van der Waals surface area (Å²) < 4.78 is 6.28. The van der Waals surface area contributed by atoms with Crippen LogP contribution in [0, 0.1) is 0 Å². The highest BCUT2D eigenvalue weighted by Crippen LogP contribution is 2.30. The maximum atomic E-state index is 6.28. The highest BCUT2D eigenvalue weighted by Gasteiger charge is 2.45. The second kappa shape index (κ2) is 5.22. The number of likely N-dealkylation sites (tertiary alicyclic amines) is 2. The number of hydrogen-bond acceptors (Lipinski definition) is 4. The Labute approximate surface area is 104 Å². The summed E-state index contributed by atoms with van der Waals surface area (Å²) in [5.41, 5.74) is 0. The minimum absolute atomic E-state index is 0.116. The highest BCUT2D eigenvalue weighted by molar-refractivity contribution is 4.90. The van der Waals surface area contributed by atoms with E-state index in [9.17, 15) is 0 Å². The Morgan fingerprint density at radius 2 is 1.41 bits per heavy atom. The van der Waals surface area contributed by atoms with Crippen LogP contribution in [0.5, 0.6) is 0 Å². The van der Waals surface area contributed by atoms with Crippen molar-refractivity contribution in [3.63, 3.8) is 0 Å². The topological polar surface area (TPSA) is 27.7 Å². The van der Waals surface area contributed by atoms with E-state index in [0.29, 0.717) is 0 Å². The number of piperidine rings is 1. The van der Waals surface area contributed by atoms with Crippen LogP contribution in [0.3, 0.4) is 0 Å². The van der Waals surface area contributed by atoms with E-state index in [2.05, 4.69) is 15.1 Å². The van der Waals surface area contributed by atoms with E-state index in [1.54, 1.807) is 0 Å². The summed E-state index contributed by atoms with van der Waals surface area (Å²) in [7, 11) is 0. The van der Waals surface area contributed by atoms with E-state index in [1.165, 1.54) is 58.3 Å². The van der Waals surface area contributed by atoms with Gasteiger partial charge in [0.15, 0.2) is 5.85 Å². The molecule has 1 N–H and O–H groups in total. The fraction of sp³-hybridized carbons (Fsp3) is 1.00. The van der Waals surface area contributed by atoms with Crippen molar-refractivity contribution >= 4 is 0 Å². The predicted molar refractivity (Wildman–Crippen MR) is 67.8 cm³/mol. The molecule has 0 aliphatic carbocycles. The van der Waals surface area contributed by atoms with Crippen LogP contribution >= 0.6 is 0 Å². The summed E-state index contributed by atoms with van der Waals surface area (Å²) >= 11 is 0. The molecule has 3 rings (SSSR count). The van der Waals surface area contributed by atoms with Crippen LogP contribution in [0.15, 0.2) is 0 Å². The summed E-state index contributed by atoms with van der Waals surface area (Å²) in [4.78, 5) is 5.17. The Balaban J connectivity index is 1.78. The maximum Gasteiger partial charge on any atom is 0.192 e. The Bertz CT molecular complexity index is 241. The van der Waals surface area contributed by atoms with Gasteiger partial charge in [-0.1, -0.05) is 6.42 Å². The van der Waals surface area contributed by atoms with Gasteiger partial charge in [-0.15, -0.1) is 0 Å². The van der Waals surface area contributed by atoms with Gasteiger partial charge in [-0.2, -0.15) is 0 Å². The molecule has 3 aliphatic heterocycles. The second-order valence-corrected chi connectivity index (χ2v) is 5.51. The van der Waals surface area contributed by atoms with Gasteiger partial charge in [-0.3, -0.25) is 9.80 Å². The van der Waals surface area contributed by atoms with Crippen LogP contribution in [0.25, 0.3) is 0 Å². The van der Waals surface area contributed by atoms with Crippen molar-refractivity contribution in [3.8, 4) is 0 Å². The van der Waals surface area contributed by atoms with E-state index >= 15 is 0 Å². The summed E-state index contributed by atoms with van der Waals surface area (Å²) in [6, 6.07) is 0. The lowest BCUT2D eigenvalue weighted by atomic mass is 10.1. The van der Waals surface area contributed by atoms with Crippen LogP contribution in [0.2, 0.25) is 0 Å². The molecule has 0 amide bonds. The largest absolute Gasteiger partial charge is 0.344 e. The molecule has 1 atom stereocenters. The second-order valence-electron chi connectivity index (χ2n) is 5.51. The van der Waals surface area contributed by atoms with Gasteiger partial charge in [0.25, 0.3) is 0 Å². The molecular formula is C13H25N3O. The summed E-state index contributed by atoms with van der Waals surface area (Å²) in [6.45, 7) is 7.66. The molecule has 0 saturated carbocycles. The Hall–Kier alpha value is -0.160. The Morgan fingerprint density at radius 1 is 0.824 bits per heavy atom. The lowest BCUT2D eigenvalue weighted by molar-refractivity contribution is -0.256. The average molecular weight is 239 g/mol. The van der Waals surface area contributed by atoms with Crippen molar-refractivity contribution in [2.24, 2.45) is 0 Å². The number of nitrogens with zero attached hydrogens (tertiary/aromatic N) is 2. The fourth-order valence-electron chi connectivity index (χ4n) is 3.50. The average Bonchev–Trinajstić information content (AvgIpc) is 2.95. The standard InChI is InChI=1S/C13H25N3O/c1-2-7-15(8-3-1)13(12-14-6-11-17-13)16-9-4-5-10-16/h14H,1-12H2. The zero-order valence-electron chi connectivity index (χ0n) is 10.8. The third kappa shape index (κ3) is 2.24. The van der Waals surface area contributed by atoms with Gasteiger partial charge in [0.1, 0.15) is 0 Å². The van der Waals surface area contributed by atoms with E-state index in [1.807, 2.05) is 0 Å². The molecule has 1 unspecified atom stereocenters. The highest BCUT2D eigenvalue weighted by atomic mass is 16.5. The zero-order valence-corrected chi connectivity index (χ0v) is 10.8. The van der Waals surface area contributed by atoms with Crippen LogP contribution in [-0.2, 0) is 4.74 Å². The van der Waals surface area contributed by atoms with Gasteiger partial charge in [0.2, 0.25) is 0 Å². The van der Waals surface area contributed by atoms with Crippen molar-refractivity contribution in [1.82, 2.24) is 15.1 Å². The first-order valence-corrected chi connectivity index (χ1v) is 7.27. The van der Waals surface area contributed by atoms with Crippen LogP contribution in [-0.4, -0.2) is 61.5 Å². The molecule has 17 heavy (non-hydrogen) atoms. The number of morpholine rings is 1. The molecule has 0 aromatic carbocycles. The van der Waals surface area contributed by atoms with E-state index in [0.717, 1.165) is 19.7 Å². The van der Waals surface area contributed by atoms with Crippen molar-refractivity contribution in [2.75, 3.05) is 45.9 Å².